The van der Waals surface area contributed by atoms with Gasteiger partial charge in [-0.1, -0.05) is 55.6 Å². The van der Waals surface area contributed by atoms with Gasteiger partial charge in [0, 0.05) is 5.54 Å². The van der Waals surface area contributed by atoms with Crippen LogP contribution in [0.15, 0.2) is 42.5 Å². The molecule has 1 aromatic carbocycles. The molecule has 1 saturated heterocycles. The van der Waals surface area contributed by atoms with Gasteiger partial charge in [-0.2, -0.15) is 0 Å². The minimum atomic E-state index is -1.34. The fourth-order valence-corrected chi connectivity index (χ4v) is 6.11. The number of carbonyl (C=O) groups is 1. The first kappa shape index (κ1) is 18.0. The van der Waals surface area contributed by atoms with Crippen LogP contribution in [0.2, 0.25) is 18.1 Å². The van der Waals surface area contributed by atoms with Gasteiger partial charge in [0.1, 0.15) is 0 Å². The van der Waals surface area contributed by atoms with Crippen LogP contribution in [0.1, 0.15) is 38.8 Å². The summed E-state index contributed by atoms with van der Waals surface area (Å²) >= 11 is 0. The molecule has 1 N–H and O–H groups in total. The molecule has 0 aliphatic carbocycles. The zero-order valence-electron chi connectivity index (χ0n) is 15.0. The van der Waals surface area contributed by atoms with Gasteiger partial charge in [0.15, 0.2) is 0 Å². The molecular weight excluding hydrogens is 302 g/mol. The zero-order chi connectivity index (χ0) is 17.4. The molecule has 3 nitrogen and oxygen atoms in total. The Balaban J connectivity index is 2.55. The van der Waals surface area contributed by atoms with Crippen molar-refractivity contribution < 1.29 is 9.90 Å². The van der Waals surface area contributed by atoms with Crippen LogP contribution in [0.25, 0.3) is 0 Å². The van der Waals surface area contributed by atoms with Crippen molar-refractivity contribution in [1.29, 1.82) is 0 Å². The lowest BCUT2D eigenvalue weighted by atomic mass is 9.74. The molecule has 1 aliphatic heterocycles. The van der Waals surface area contributed by atoms with E-state index in [4.69, 9.17) is 0 Å². The normalized spacial score (nSPS) is 24.7. The first-order chi connectivity index (χ1) is 10.7. The Morgan fingerprint density at radius 3 is 2.30 bits per heavy atom. The topological polar surface area (TPSA) is 40.5 Å². The maximum Gasteiger partial charge on any atom is 0.229 e. The van der Waals surface area contributed by atoms with Crippen LogP contribution < -0.4 is 0 Å². The van der Waals surface area contributed by atoms with Crippen LogP contribution in [0.4, 0.5) is 0 Å². The molecule has 126 valence electrons. The van der Waals surface area contributed by atoms with Gasteiger partial charge in [0.2, 0.25) is 5.91 Å². The number of β-lactam (4-membered cyclic amide) rings is 1. The van der Waals surface area contributed by atoms with Crippen molar-refractivity contribution in [2.75, 3.05) is 6.61 Å². The highest BCUT2D eigenvalue weighted by Gasteiger charge is 2.64. The summed E-state index contributed by atoms with van der Waals surface area (Å²) in [7, 11) is -1.34. The number of aliphatic hydroxyl groups excluding tert-OH is 1. The summed E-state index contributed by atoms with van der Waals surface area (Å²) in [5.41, 5.74) is 1.73. The van der Waals surface area contributed by atoms with E-state index in [9.17, 15) is 9.90 Å². The first-order valence-electron chi connectivity index (χ1n) is 8.32. The molecule has 1 aromatic rings. The summed E-state index contributed by atoms with van der Waals surface area (Å²) in [6.45, 7) is 14.7. The molecule has 1 aliphatic rings. The fraction of sp³-hybridized carbons (Fsp3) is 0.526. The van der Waals surface area contributed by atoms with Gasteiger partial charge >= 0.3 is 0 Å². The number of hydrogen-bond donors (Lipinski definition) is 1. The SMILES string of the molecule is C=C(CO)C[C@@]1([SiH](C)C)C(=O)N(C(C)(C)C)[C@@H]1c1ccccc1. The average Bonchev–Trinajstić information content (AvgIpc) is 2.48. The average molecular weight is 332 g/mol. The van der Waals surface area contributed by atoms with Crippen molar-refractivity contribution in [3.8, 4) is 0 Å². The minimum absolute atomic E-state index is 0.0484. The van der Waals surface area contributed by atoms with Gasteiger partial charge in [-0.3, -0.25) is 4.79 Å². The lowest BCUT2D eigenvalue weighted by molar-refractivity contribution is -0.164. The van der Waals surface area contributed by atoms with Crippen LogP contribution in [0.5, 0.6) is 0 Å². The minimum Gasteiger partial charge on any atom is -0.392 e. The second kappa shape index (κ2) is 6.25. The Labute approximate surface area is 141 Å². The molecule has 0 unspecified atom stereocenters. The van der Waals surface area contributed by atoms with E-state index in [0.29, 0.717) is 6.42 Å². The standard InChI is InChI=1S/C19H29NO2Si/c1-14(13-21)12-19(23(5)6)16(15-10-8-7-9-11-15)20(17(19)22)18(2,3)4/h7-11,16,21,23H,1,12-13H2,2-6H3/t16-,19+/m1/s1. The quantitative estimate of drug-likeness (QED) is 0.509. The molecule has 0 spiro atoms. The van der Waals surface area contributed by atoms with Crippen LogP contribution in [-0.4, -0.2) is 36.9 Å². The number of carbonyl (C=O) groups excluding carboxylic acids is 1. The predicted octanol–water partition coefficient (Wildman–Crippen LogP) is 3.53. The summed E-state index contributed by atoms with van der Waals surface area (Å²) in [6.07, 6.45) is 0.596. The lowest BCUT2D eigenvalue weighted by Crippen LogP contribution is -2.68. The number of benzene rings is 1. The summed E-state index contributed by atoms with van der Waals surface area (Å²) in [5, 5.41) is 9.08. The number of likely N-dealkylation sites (tertiary alicyclic amines) is 1. The molecule has 0 aromatic heterocycles. The van der Waals surface area contributed by atoms with Gasteiger partial charge < -0.3 is 10.0 Å². The predicted molar refractivity (Wildman–Crippen MR) is 98.2 cm³/mol. The molecule has 1 fully saturated rings. The van der Waals surface area contributed by atoms with Crippen molar-refractivity contribution in [2.24, 2.45) is 0 Å². The highest BCUT2D eigenvalue weighted by atomic mass is 28.3. The highest BCUT2D eigenvalue weighted by molar-refractivity contribution is 6.65. The molecule has 1 heterocycles. The van der Waals surface area contributed by atoms with E-state index in [0.717, 1.165) is 5.57 Å². The van der Waals surface area contributed by atoms with Gasteiger partial charge in [-0.25, -0.2) is 0 Å². The third-order valence-electron chi connectivity index (χ3n) is 5.00. The van der Waals surface area contributed by atoms with Crippen molar-refractivity contribution in [3.05, 3.63) is 48.0 Å². The monoisotopic (exact) mass is 331 g/mol. The van der Waals surface area contributed by atoms with E-state index in [1.807, 2.05) is 23.1 Å². The van der Waals surface area contributed by atoms with Crippen molar-refractivity contribution in [1.82, 2.24) is 4.90 Å². The Bertz CT molecular complexity index is 591. The maximum atomic E-state index is 13.2. The van der Waals surface area contributed by atoms with Gasteiger partial charge in [-0.05, 0) is 32.8 Å². The largest absolute Gasteiger partial charge is 0.392 e. The summed E-state index contributed by atoms with van der Waals surface area (Å²) in [5.74, 6) is 0.232. The van der Waals surface area contributed by atoms with Crippen LogP contribution in [0, 0.1) is 0 Å². The third-order valence-corrected chi connectivity index (χ3v) is 7.82. The summed E-state index contributed by atoms with van der Waals surface area (Å²) in [4.78, 5) is 15.3. The van der Waals surface area contributed by atoms with Gasteiger partial charge in [0.25, 0.3) is 0 Å². The summed E-state index contributed by atoms with van der Waals surface area (Å²) < 4.78 is 0. The number of nitrogens with zero attached hydrogens (tertiary/aromatic N) is 1. The van der Waals surface area contributed by atoms with E-state index in [1.54, 1.807) is 0 Å². The van der Waals surface area contributed by atoms with E-state index in [-0.39, 0.29) is 29.1 Å². The van der Waals surface area contributed by atoms with Gasteiger partial charge in [-0.15, -0.1) is 0 Å². The number of amides is 1. The smallest absolute Gasteiger partial charge is 0.229 e. The van der Waals surface area contributed by atoms with Crippen molar-refractivity contribution >= 4 is 14.7 Å². The zero-order valence-corrected chi connectivity index (χ0v) is 16.1. The molecule has 2 atom stereocenters. The first-order valence-corrected chi connectivity index (χ1v) is 11.2. The molecule has 2 rings (SSSR count). The Kier molecular flexibility index (Phi) is 4.88. The molecule has 0 radical (unpaired) electrons. The van der Waals surface area contributed by atoms with Crippen LogP contribution in [-0.2, 0) is 4.79 Å². The van der Waals surface area contributed by atoms with Crippen molar-refractivity contribution in [2.45, 2.75) is 56.9 Å². The second-order valence-corrected chi connectivity index (χ2v) is 11.3. The highest BCUT2D eigenvalue weighted by Crippen LogP contribution is 2.63. The second-order valence-electron chi connectivity index (χ2n) is 7.94. The lowest BCUT2D eigenvalue weighted by Gasteiger charge is -2.63. The van der Waals surface area contributed by atoms with E-state index >= 15 is 0 Å². The van der Waals surface area contributed by atoms with Gasteiger partial charge in [0.05, 0.1) is 26.5 Å². The number of aliphatic hydroxyl groups is 1. The Morgan fingerprint density at radius 2 is 1.87 bits per heavy atom. The molecule has 4 heteroatoms. The number of hydrogen-bond acceptors (Lipinski definition) is 2. The summed E-state index contributed by atoms with van der Waals surface area (Å²) in [6, 6.07) is 10.4. The molecular formula is C19H29NO2Si. The molecule has 0 bridgehead atoms. The van der Waals surface area contributed by atoms with E-state index in [1.165, 1.54) is 5.56 Å². The Morgan fingerprint density at radius 1 is 1.30 bits per heavy atom. The van der Waals surface area contributed by atoms with Crippen LogP contribution >= 0.6 is 0 Å². The molecule has 1 amide bonds. The van der Waals surface area contributed by atoms with Crippen molar-refractivity contribution in [3.63, 3.8) is 0 Å². The Hall–Kier alpha value is -1.39. The van der Waals surface area contributed by atoms with E-state index in [2.05, 4.69) is 52.6 Å². The third kappa shape index (κ3) is 2.90. The molecule has 0 saturated carbocycles. The molecule has 23 heavy (non-hydrogen) atoms. The van der Waals surface area contributed by atoms with E-state index < -0.39 is 8.80 Å². The maximum absolute atomic E-state index is 13.2. The van der Waals surface area contributed by atoms with Crippen LogP contribution in [0.3, 0.4) is 0 Å². The fourth-order valence-electron chi connectivity index (χ4n) is 3.81. The number of rotatable bonds is 5.